The van der Waals surface area contributed by atoms with Crippen LogP contribution in [0.5, 0.6) is 0 Å². The molecule has 0 aliphatic rings. The lowest BCUT2D eigenvalue weighted by molar-refractivity contribution is 0.820. The van der Waals surface area contributed by atoms with Gasteiger partial charge in [0.05, 0.1) is 13.1 Å². The minimum absolute atomic E-state index is 0.634. The van der Waals surface area contributed by atoms with Crippen molar-refractivity contribution < 1.29 is 0 Å². The molecule has 1 aromatic carbocycles. The summed E-state index contributed by atoms with van der Waals surface area (Å²) in [6.07, 6.45) is 1.10. The van der Waals surface area contributed by atoms with Crippen LogP contribution in [0.25, 0.3) is 10.9 Å². The number of aryl methyl sites for hydroxylation is 1. The van der Waals surface area contributed by atoms with Crippen LogP contribution in [0.4, 0.5) is 0 Å². The van der Waals surface area contributed by atoms with Crippen molar-refractivity contribution in [3.05, 3.63) is 57.9 Å². The maximum atomic E-state index is 4.69. The van der Waals surface area contributed by atoms with Gasteiger partial charge in [-0.3, -0.25) is 0 Å². The Morgan fingerprint density at radius 3 is 2.67 bits per heavy atom. The molecule has 0 radical (unpaired) electrons. The second-order valence-electron chi connectivity index (χ2n) is 5.65. The summed E-state index contributed by atoms with van der Waals surface area (Å²) in [5.41, 5.74) is 2.28. The smallest absolute Gasteiger partial charge is 0.191 e. The molecular weight excluding hydrogens is 316 g/mol. The first kappa shape index (κ1) is 16.6. The Hall–Kier alpha value is -2.27. The van der Waals surface area contributed by atoms with Crippen molar-refractivity contribution in [1.82, 2.24) is 15.6 Å². The van der Waals surface area contributed by atoms with E-state index in [0.717, 1.165) is 36.7 Å². The van der Waals surface area contributed by atoms with Crippen molar-refractivity contribution in [1.29, 1.82) is 0 Å². The number of benzene rings is 1. The van der Waals surface area contributed by atoms with Gasteiger partial charge in [0.1, 0.15) is 0 Å². The maximum absolute atomic E-state index is 4.69. The number of thiophene rings is 1. The Morgan fingerprint density at radius 2 is 1.92 bits per heavy atom. The van der Waals surface area contributed by atoms with Crippen molar-refractivity contribution in [2.24, 2.45) is 4.99 Å². The highest BCUT2D eigenvalue weighted by atomic mass is 32.1. The number of aromatic amines is 1. The summed E-state index contributed by atoms with van der Waals surface area (Å²) in [5, 5.41) is 7.95. The summed E-state index contributed by atoms with van der Waals surface area (Å²) >= 11 is 1.86. The van der Waals surface area contributed by atoms with Gasteiger partial charge in [-0.2, -0.15) is 0 Å². The minimum atomic E-state index is 0.634. The number of H-pyrrole nitrogens is 1. The summed E-state index contributed by atoms with van der Waals surface area (Å²) in [6, 6.07) is 14.9. The Kier molecular flexibility index (Phi) is 5.54. The van der Waals surface area contributed by atoms with Gasteiger partial charge < -0.3 is 15.6 Å². The Labute approximate surface area is 147 Å². The lowest BCUT2D eigenvalue weighted by atomic mass is 10.2. The normalized spacial score (nSPS) is 11.8. The van der Waals surface area contributed by atoms with Crippen molar-refractivity contribution in [3.63, 3.8) is 0 Å². The average Bonchev–Trinajstić information content (AvgIpc) is 3.23. The zero-order valence-electron chi connectivity index (χ0n) is 14.2. The number of aromatic nitrogens is 1. The van der Waals surface area contributed by atoms with Crippen molar-refractivity contribution in [3.8, 4) is 0 Å². The third-order valence-corrected chi connectivity index (χ3v) is 5.06. The quantitative estimate of drug-likeness (QED) is 0.468. The van der Waals surface area contributed by atoms with Crippen LogP contribution in [0.2, 0.25) is 0 Å². The second kappa shape index (κ2) is 8.02. The van der Waals surface area contributed by atoms with Gasteiger partial charge in [-0.05, 0) is 43.0 Å². The first-order chi connectivity index (χ1) is 11.8. The third-order valence-electron chi connectivity index (χ3n) is 3.83. The first-order valence-electron chi connectivity index (χ1n) is 8.45. The van der Waals surface area contributed by atoms with Crippen LogP contribution >= 0.6 is 11.3 Å². The molecule has 0 spiro atoms. The maximum Gasteiger partial charge on any atom is 0.191 e. The molecule has 2 heterocycles. The summed E-state index contributed by atoms with van der Waals surface area (Å²) in [5.74, 6) is 0.850. The molecule has 0 fully saturated rings. The molecule has 0 atom stereocenters. The molecule has 3 rings (SSSR count). The van der Waals surface area contributed by atoms with Crippen LogP contribution in [-0.2, 0) is 19.5 Å². The largest absolute Gasteiger partial charge is 0.357 e. The Balaban J connectivity index is 1.64. The van der Waals surface area contributed by atoms with Crippen LogP contribution in [0.15, 0.2) is 47.5 Å². The zero-order valence-corrected chi connectivity index (χ0v) is 15.0. The number of hydrogen-bond acceptors (Lipinski definition) is 2. The van der Waals surface area contributed by atoms with Gasteiger partial charge in [0.25, 0.3) is 0 Å². The van der Waals surface area contributed by atoms with E-state index in [4.69, 9.17) is 0 Å². The number of fused-ring (bicyclic) bond motifs is 1. The van der Waals surface area contributed by atoms with Crippen molar-refractivity contribution in [2.45, 2.75) is 33.4 Å². The topological polar surface area (TPSA) is 52.2 Å². The molecule has 0 saturated carbocycles. The van der Waals surface area contributed by atoms with Crippen LogP contribution < -0.4 is 10.6 Å². The number of nitrogens with one attached hydrogen (secondary N) is 3. The first-order valence-corrected chi connectivity index (χ1v) is 9.26. The third kappa shape index (κ3) is 4.17. The summed E-state index contributed by atoms with van der Waals surface area (Å²) < 4.78 is 0. The Morgan fingerprint density at radius 1 is 1.08 bits per heavy atom. The molecule has 4 nitrogen and oxygen atoms in total. The summed E-state index contributed by atoms with van der Waals surface area (Å²) in [4.78, 5) is 10.9. The highest BCUT2D eigenvalue weighted by molar-refractivity contribution is 7.11. The van der Waals surface area contributed by atoms with E-state index >= 15 is 0 Å². The fourth-order valence-corrected chi connectivity index (χ4v) is 3.50. The number of guanidine groups is 1. The molecule has 0 aliphatic heterocycles. The number of rotatable bonds is 6. The minimum Gasteiger partial charge on any atom is -0.357 e. The van der Waals surface area contributed by atoms with Crippen LogP contribution in [0.1, 0.15) is 29.3 Å². The van der Waals surface area contributed by atoms with E-state index in [1.165, 1.54) is 15.1 Å². The number of nitrogens with zero attached hydrogens (tertiary/aromatic N) is 1. The molecule has 0 amide bonds. The van der Waals surface area contributed by atoms with Crippen LogP contribution in [0, 0.1) is 0 Å². The van der Waals surface area contributed by atoms with Gasteiger partial charge in [-0.15, -0.1) is 11.3 Å². The molecule has 0 aliphatic carbocycles. The summed E-state index contributed by atoms with van der Waals surface area (Å²) in [6.45, 7) is 6.57. The number of aliphatic imine (C=N–C) groups is 1. The van der Waals surface area contributed by atoms with E-state index in [1.54, 1.807) is 0 Å². The molecule has 3 aromatic rings. The molecule has 0 unspecified atom stereocenters. The molecule has 5 heteroatoms. The molecule has 126 valence electrons. The Bertz CT molecular complexity index is 783. The molecule has 3 N–H and O–H groups in total. The fraction of sp³-hybridized carbons (Fsp3) is 0.316. The van der Waals surface area contributed by atoms with E-state index < -0.39 is 0 Å². The van der Waals surface area contributed by atoms with E-state index in [9.17, 15) is 0 Å². The fourth-order valence-electron chi connectivity index (χ4n) is 2.60. The molecule has 0 saturated heterocycles. The molecular formula is C19H24N4S. The van der Waals surface area contributed by atoms with E-state index in [1.807, 2.05) is 17.4 Å². The predicted octanol–water partition coefficient (Wildman–Crippen LogP) is 4.05. The molecule has 0 bridgehead atoms. The van der Waals surface area contributed by atoms with Gasteiger partial charge in [0.2, 0.25) is 0 Å². The molecule has 24 heavy (non-hydrogen) atoms. The van der Waals surface area contributed by atoms with Gasteiger partial charge in [-0.25, -0.2) is 4.99 Å². The number of hydrogen-bond donors (Lipinski definition) is 3. The zero-order chi connectivity index (χ0) is 16.8. The lowest BCUT2D eigenvalue weighted by Crippen LogP contribution is -2.36. The van der Waals surface area contributed by atoms with Gasteiger partial charge >= 0.3 is 0 Å². The predicted molar refractivity (Wildman–Crippen MR) is 104 cm³/mol. The highest BCUT2D eigenvalue weighted by Crippen LogP contribution is 2.17. The highest BCUT2D eigenvalue weighted by Gasteiger charge is 2.03. The van der Waals surface area contributed by atoms with Gasteiger partial charge in [0.15, 0.2) is 5.96 Å². The average molecular weight is 340 g/mol. The standard InChI is InChI=1S/C19H24N4S/c1-3-16-9-10-17(24-16)13-22-19(20-4-2)21-12-15-11-14-7-5-6-8-18(14)23-15/h5-11,23H,3-4,12-13H2,1-2H3,(H2,20,21,22). The van der Waals surface area contributed by atoms with Gasteiger partial charge in [0, 0.05) is 27.5 Å². The second-order valence-corrected chi connectivity index (χ2v) is 6.90. The van der Waals surface area contributed by atoms with E-state index in [0.29, 0.717) is 6.54 Å². The SMILES string of the molecule is CCNC(=NCc1cc2ccccc2[nH]1)NCc1ccc(CC)s1. The molecule has 2 aromatic heterocycles. The van der Waals surface area contributed by atoms with Crippen LogP contribution in [-0.4, -0.2) is 17.5 Å². The van der Waals surface area contributed by atoms with Crippen molar-refractivity contribution >= 4 is 28.2 Å². The number of para-hydroxylation sites is 1. The lowest BCUT2D eigenvalue weighted by Gasteiger charge is -2.10. The van der Waals surface area contributed by atoms with E-state index in [-0.39, 0.29) is 0 Å². The monoisotopic (exact) mass is 340 g/mol. The van der Waals surface area contributed by atoms with Crippen molar-refractivity contribution in [2.75, 3.05) is 6.54 Å². The van der Waals surface area contributed by atoms with E-state index in [2.05, 4.69) is 70.9 Å². The van der Waals surface area contributed by atoms with Crippen LogP contribution in [0.3, 0.4) is 0 Å². The summed E-state index contributed by atoms with van der Waals surface area (Å²) in [7, 11) is 0. The van der Waals surface area contributed by atoms with Gasteiger partial charge in [-0.1, -0.05) is 25.1 Å².